The number of rotatable bonds is 14. The number of carboxylic acid groups (broad SMARTS) is 2. The summed E-state index contributed by atoms with van der Waals surface area (Å²) in [5.41, 5.74) is 6.43. The number of carbonyl (C=O) groups is 5. The van der Waals surface area contributed by atoms with Crippen LogP contribution in [0.5, 0.6) is 0 Å². The third-order valence-electron chi connectivity index (χ3n) is 4.68. The number of carboxylic acids is 2. The first-order chi connectivity index (χ1) is 15.5. The van der Waals surface area contributed by atoms with Crippen LogP contribution in [0.1, 0.15) is 38.7 Å². The Hall–Kier alpha value is -3.47. The van der Waals surface area contributed by atoms with Gasteiger partial charge in [0.25, 0.3) is 0 Å². The molecule has 0 heterocycles. The monoisotopic (exact) mass is 464 g/mol. The maximum Gasteiger partial charge on any atom is 0.326 e. The Bertz CT molecular complexity index is 829. The van der Waals surface area contributed by atoms with E-state index in [1.54, 1.807) is 30.3 Å². The summed E-state index contributed by atoms with van der Waals surface area (Å²) >= 11 is 0. The number of carbonyl (C=O) groups excluding carboxylic acids is 3. The van der Waals surface area contributed by atoms with Gasteiger partial charge in [-0.3, -0.25) is 19.2 Å². The van der Waals surface area contributed by atoms with Crippen LogP contribution in [-0.2, 0) is 30.4 Å². The molecule has 1 aromatic rings. The molecule has 3 amide bonds. The molecule has 11 nitrogen and oxygen atoms in total. The number of hydrogen-bond donors (Lipinski definition) is 6. The maximum atomic E-state index is 12.7. The first kappa shape index (κ1) is 27.6. The summed E-state index contributed by atoms with van der Waals surface area (Å²) in [5, 5.41) is 25.5. The molecule has 1 aromatic carbocycles. The van der Waals surface area contributed by atoms with Gasteiger partial charge in [-0.1, -0.05) is 44.2 Å². The van der Waals surface area contributed by atoms with Crippen molar-refractivity contribution in [3.63, 3.8) is 0 Å². The van der Waals surface area contributed by atoms with Crippen LogP contribution in [0.4, 0.5) is 0 Å². The van der Waals surface area contributed by atoms with Crippen molar-refractivity contribution in [2.24, 2.45) is 11.7 Å². The second kappa shape index (κ2) is 13.8. The van der Waals surface area contributed by atoms with E-state index in [1.165, 1.54) is 0 Å². The highest BCUT2D eigenvalue weighted by Gasteiger charge is 2.27. The normalized spacial score (nSPS) is 13.5. The molecule has 0 aromatic heterocycles. The molecule has 7 N–H and O–H groups in total. The molecule has 0 radical (unpaired) electrons. The second-order valence-corrected chi connectivity index (χ2v) is 8.10. The number of amides is 3. The van der Waals surface area contributed by atoms with Crippen molar-refractivity contribution in [3.05, 3.63) is 35.9 Å². The van der Waals surface area contributed by atoms with E-state index in [9.17, 15) is 29.1 Å². The Morgan fingerprint density at radius 3 is 2.12 bits per heavy atom. The molecular formula is C22H32N4O7. The van der Waals surface area contributed by atoms with Crippen molar-refractivity contribution in [1.29, 1.82) is 0 Å². The summed E-state index contributed by atoms with van der Waals surface area (Å²) in [5.74, 6) is -4.38. The Morgan fingerprint density at radius 1 is 0.939 bits per heavy atom. The van der Waals surface area contributed by atoms with Crippen molar-refractivity contribution in [2.75, 3.05) is 6.54 Å². The van der Waals surface area contributed by atoms with Gasteiger partial charge in [-0.25, -0.2) is 4.79 Å². The summed E-state index contributed by atoms with van der Waals surface area (Å²) in [4.78, 5) is 59.5. The second-order valence-electron chi connectivity index (χ2n) is 8.10. The minimum absolute atomic E-state index is 0.00527. The topological polar surface area (TPSA) is 188 Å². The molecule has 182 valence electrons. The lowest BCUT2D eigenvalue weighted by Crippen LogP contribution is -2.54. The zero-order valence-corrected chi connectivity index (χ0v) is 18.7. The minimum atomic E-state index is -1.30. The molecule has 0 bridgehead atoms. The lowest BCUT2D eigenvalue weighted by atomic mass is 10.0. The average molecular weight is 465 g/mol. The van der Waals surface area contributed by atoms with Crippen LogP contribution in [0.3, 0.4) is 0 Å². The van der Waals surface area contributed by atoms with Gasteiger partial charge >= 0.3 is 11.9 Å². The van der Waals surface area contributed by atoms with Gasteiger partial charge in [0.2, 0.25) is 17.7 Å². The van der Waals surface area contributed by atoms with Crippen molar-refractivity contribution in [1.82, 2.24) is 16.0 Å². The van der Waals surface area contributed by atoms with Crippen LogP contribution < -0.4 is 21.7 Å². The fourth-order valence-corrected chi connectivity index (χ4v) is 3.02. The summed E-state index contributed by atoms with van der Waals surface area (Å²) in [6.45, 7) is 3.33. The van der Waals surface area contributed by atoms with E-state index in [0.29, 0.717) is 12.0 Å². The Labute approximate surface area is 192 Å². The van der Waals surface area contributed by atoms with Gasteiger partial charge in [-0.05, 0) is 24.3 Å². The van der Waals surface area contributed by atoms with Gasteiger partial charge in [0.15, 0.2) is 0 Å². The molecule has 0 fully saturated rings. The maximum absolute atomic E-state index is 12.7. The van der Waals surface area contributed by atoms with Gasteiger partial charge in [-0.15, -0.1) is 0 Å². The van der Waals surface area contributed by atoms with Crippen molar-refractivity contribution in [2.45, 2.75) is 57.7 Å². The summed E-state index contributed by atoms with van der Waals surface area (Å²) in [6.07, 6.45) is -0.258. The Morgan fingerprint density at radius 2 is 1.58 bits per heavy atom. The van der Waals surface area contributed by atoms with E-state index >= 15 is 0 Å². The fourth-order valence-electron chi connectivity index (χ4n) is 3.02. The van der Waals surface area contributed by atoms with Crippen LogP contribution >= 0.6 is 0 Å². The molecule has 33 heavy (non-hydrogen) atoms. The molecule has 3 unspecified atom stereocenters. The van der Waals surface area contributed by atoms with Gasteiger partial charge in [0, 0.05) is 12.8 Å². The van der Waals surface area contributed by atoms with Crippen LogP contribution in [-0.4, -0.2) is 64.5 Å². The molecule has 0 saturated carbocycles. The zero-order valence-electron chi connectivity index (χ0n) is 18.7. The van der Waals surface area contributed by atoms with E-state index < -0.39 is 60.8 Å². The van der Waals surface area contributed by atoms with E-state index in [4.69, 9.17) is 10.8 Å². The SMILES string of the molecule is CC(C)CC(N)C(=O)NCC(=O)NC(CCC(=O)O)C(=O)NC(Cc1ccccc1)C(=O)O. The number of aliphatic carboxylic acids is 2. The molecule has 0 saturated heterocycles. The first-order valence-corrected chi connectivity index (χ1v) is 10.6. The van der Waals surface area contributed by atoms with Gasteiger partial charge in [0.05, 0.1) is 12.6 Å². The van der Waals surface area contributed by atoms with Crippen LogP contribution in [0.25, 0.3) is 0 Å². The Balaban J connectivity index is 2.76. The van der Waals surface area contributed by atoms with Crippen molar-refractivity contribution < 1.29 is 34.2 Å². The molecule has 3 atom stereocenters. The zero-order chi connectivity index (χ0) is 25.0. The molecule has 0 aliphatic carbocycles. The highest BCUT2D eigenvalue weighted by molar-refractivity contribution is 5.92. The lowest BCUT2D eigenvalue weighted by Gasteiger charge is -2.21. The highest BCUT2D eigenvalue weighted by atomic mass is 16.4. The molecule has 0 aliphatic rings. The fraction of sp³-hybridized carbons (Fsp3) is 0.500. The van der Waals surface area contributed by atoms with Crippen LogP contribution in [0.2, 0.25) is 0 Å². The van der Waals surface area contributed by atoms with Crippen LogP contribution in [0.15, 0.2) is 30.3 Å². The highest BCUT2D eigenvalue weighted by Crippen LogP contribution is 2.06. The smallest absolute Gasteiger partial charge is 0.326 e. The standard InChI is InChI=1S/C22H32N4O7/c1-13(2)10-15(23)20(30)24-12-18(27)25-16(8-9-19(28)29)21(31)26-17(22(32)33)11-14-6-4-3-5-7-14/h3-7,13,15-17H,8-12,23H2,1-2H3,(H,24,30)(H,25,27)(H,26,31)(H,28,29)(H,32,33). The quantitative estimate of drug-likeness (QED) is 0.215. The molecule has 0 aliphatic heterocycles. The van der Waals surface area contributed by atoms with E-state index in [-0.39, 0.29) is 18.8 Å². The van der Waals surface area contributed by atoms with Gasteiger partial charge < -0.3 is 31.9 Å². The molecule has 1 rings (SSSR count). The van der Waals surface area contributed by atoms with E-state index in [2.05, 4.69) is 16.0 Å². The lowest BCUT2D eigenvalue weighted by molar-refractivity contribution is -0.143. The largest absolute Gasteiger partial charge is 0.481 e. The van der Waals surface area contributed by atoms with Crippen LogP contribution in [0, 0.1) is 5.92 Å². The summed E-state index contributed by atoms with van der Waals surface area (Å²) in [6, 6.07) is 5.27. The number of nitrogens with one attached hydrogen (secondary N) is 3. The Kier molecular flexibility index (Phi) is 11.6. The third-order valence-corrected chi connectivity index (χ3v) is 4.68. The minimum Gasteiger partial charge on any atom is -0.481 e. The van der Waals surface area contributed by atoms with E-state index in [0.717, 1.165) is 0 Å². The average Bonchev–Trinajstić information content (AvgIpc) is 2.74. The number of benzene rings is 1. The summed E-state index contributed by atoms with van der Waals surface area (Å²) < 4.78 is 0. The third kappa shape index (κ3) is 11.1. The van der Waals surface area contributed by atoms with Gasteiger partial charge in [0.1, 0.15) is 12.1 Å². The molecule has 11 heteroatoms. The molecule has 0 spiro atoms. The predicted octanol–water partition coefficient (Wildman–Crippen LogP) is -0.362. The predicted molar refractivity (Wildman–Crippen MR) is 119 cm³/mol. The van der Waals surface area contributed by atoms with Crippen molar-refractivity contribution >= 4 is 29.7 Å². The number of hydrogen-bond acceptors (Lipinski definition) is 6. The summed E-state index contributed by atoms with van der Waals surface area (Å²) in [7, 11) is 0. The molecular weight excluding hydrogens is 432 g/mol. The van der Waals surface area contributed by atoms with E-state index in [1.807, 2.05) is 13.8 Å². The van der Waals surface area contributed by atoms with Gasteiger partial charge in [-0.2, -0.15) is 0 Å². The number of nitrogens with two attached hydrogens (primary N) is 1. The van der Waals surface area contributed by atoms with Crippen molar-refractivity contribution in [3.8, 4) is 0 Å². The first-order valence-electron chi connectivity index (χ1n) is 10.6.